The van der Waals surface area contributed by atoms with E-state index >= 15 is 0 Å². The van der Waals surface area contributed by atoms with Crippen LogP contribution in [0.3, 0.4) is 0 Å². The summed E-state index contributed by atoms with van der Waals surface area (Å²) in [5.41, 5.74) is 7.69. The zero-order valence-corrected chi connectivity index (χ0v) is 11.9. The number of ether oxygens (including phenoxy) is 1. The molecule has 1 saturated heterocycles. The molecule has 0 amide bonds. The molecule has 1 aliphatic heterocycles. The van der Waals surface area contributed by atoms with Gasteiger partial charge in [-0.05, 0) is 58.9 Å². The van der Waals surface area contributed by atoms with Gasteiger partial charge in [-0.3, -0.25) is 0 Å². The van der Waals surface area contributed by atoms with Crippen molar-refractivity contribution in [2.75, 3.05) is 19.7 Å². The molecule has 1 fully saturated rings. The van der Waals surface area contributed by atoms with Crippen molar-refractivity contribution >= 4 is 0 Å². The molecule has 0 aromatic rings. The predicted octanol–water partition coefficient (Wildman–Crippen LogP) is 2.36. The fraction of sp³-hybridized carbons (Fsp3) is 0.867. The molecular formula is C15H28N2O. The number of nitrogens with one attached hydrogen (secondary N) is 1. The third kappa shape index (κ3) is 3.56. The average Bonchev–Trinajstić information content (AvgIpc) is 2.81. The van der Waals surface area contributed by atoms with Gasteiger partial charge in [0.1, 0.15) is 0 Å². The van der Waals surface area contributed by atoms with Crippen LogP contribution >= 0.6 is 0 Å². The lowest BCUT2D eigenvalue weighted by Crippen LogP contribution is -2.59. The molecule has 18 heavy (non-hydrogen) atoms. The second-order valence-electron chi connectivity index (χ2n) is 6.45. The first kappa shape index (κ1) is 14.0. The molecule has 1 aliphatic carbocycles. The van der Waals surface area contributed by atoms with Crippen LogP contribution in [0.4, 0.5) is 0 Å². The molecule has 3 nitrogen and oxygen atoms in total. The van der Waals surface area contributed by atoms with Crippen molar-refractivity contribution in [3.8, 4) is 0 Å². The Morgan fingerprint density at radius 3 is 2.89 bits per heavy atom. The molecule has 0 spiro atoms. The van der Waals surface area contributed by atoms with Crippen molar-refractivity contribution in [2.45, 2.75) is 63.5 Å². The van der Waals surface area contributed by atoms with E-state index in [4.69, 9.17) is 10.5 Å². The van der Waals surface area contributed by atoms with Crippen LogP contribution in [0.2, 0.25) is 0 Å². The van der Waals surface area contributed by atoms with Gasteiger partial charge in [-0.15, -0.1) is 0 Å². The second-order valence-corrected chi connectivity index (χ2v) is 6.45. The number of hydrogen-bond acceptors (Lipinski definition) is 3. The summed E-state index contributed by atoms with van der Waals surface area (Å²) in [7, 11) is 0. The lowest BCUT2D eigenvalue weighted by Gasteiger charge is -2.45. The first-order chi connectivity index (χ1) is 8.55. The summed E-state index contributed by atoms with van der Waals surface area (Å²) in [6.07, 6.45) is 9.55. The summed E-state index contributed by atoms with van der Waals surface area (Å²) in [6, 6.07) is 0. The fourth-order valence-electron chi connectivity index (χ4n) is 3.33. The normalized spacial score (nSPS) is 31.4. The number of nitrogens with two attached hydrogens (primary N) is 1. The summed E-state index contributed by atoms with van der Waals surface area (Å²) in [5.74, 6) is 0. The van der Waals surface area contributed by atoms with Gasteiger partial charge < -0.3 is 15.8 Å². The van der Waals surface area contributed by atoms with Crippen molar-refractivity contribution < 1.29 is 4.74 Å². The number of hydrogen-bond donors (Lipinski definition) is 2. The van der Waals surface area contributed by atoms with Crippen molar-refractivity contribution in [3.63, 3.8) is 0 Å². The van der Waals surface area contributed by atoms with Gasteiger partial charge >= 0.3 is 0 Å². The Morgan fingerprint density at radius 1 is 1.44 bits per heavy atom. The predicted molar refractivity (Wildman–Crippen MR) is 75.6 cm³/mol. The highest BCUT2D eigenvalue weighted by molar-refractivity contribution is 5.08. The maximum Gasteiger partial charge on any atom is 0.0644 e. The lowest BCUT2D eigenvalue weighted by molar-refractivity contribution is -0.0856. The van der Waals surface area contributed by atoms with E-state index in [1.807, 2.05) is 0 Å². The van der Waals surface area contributed by atoms with Crippen LogP contribution in [-0.4, -0.2) is 30.8 Å². The molecule has 0 aromatic carbocycles. The molecule has 2 rings (SSSR count). The topological polar surface area (TPSA) is 47.3 Å². The van der Waals surface area contributed by atoms with Crippen LogP contribution in [0.25, 0.3) is 0 Å². The van der Waals surface area contributed by atoms with Crippen molar-refractivity contribution in [2.24, 2.45) is 5.73 Å². The van der Waals surface area contributed by atoms with Gasteiger partial charge in [-0.2, -0.15) is 0 Å². The Morgan fingerprint density at radius 2 is 2.28 bits per heavy atom. The van der Waals surface area contributed by atoms with Crippen LogP contribution < -0.4 is 11.1 Å². The van der Waals surface area contributed by atoms with E-state index in [1.54, 1.807) is 5.57 Å². The number of rotatable bonds is 5. The smallest absolute Gasteiger partial charge is 0.0644 e. The van der Waals surface area contributed by atoms with E-state index in [2.05, 4.69) is 25.2 Å². The fourth-order valence-corrected chi connectivity index (χ4v) is 3.33. The van der Waals surface area contributed by atoms with E-state index in [9.17, 15) is 0 Å². The molecule has 0 saturated carbocycles. The van der Waals surface area contributed by atoms with E-state index in [-0.39, 0.29) is 11.1 Å². The third-order valence-corrected chi connectivity index (χ3v) is 4.31. The van der Waals surface area contributed by atoms with Crippen molar-refractivity contribution in [3.05, 3.63) is 11.6 Å². The Kier molecular flexibility index (Phi) is 4.46. The molecule has 1 atom stereocenters. The maximum atomic E-state index is 6.02. The average molecular weight is 252 g/mol. The molecule has 0 bridgehead atoms. The van der Waals surface area contributed by atoms with E-state index < -0.39 is 0 Å². The zero-order valence-electron chi connectivity index (χ0n) is 11.9. The van der Waals surface area contributed by atoms with E-state index in [0.717, 1.165) is 26.0 Å². The first-order valence-electron chi connectivity index (χ1n) is 7.32. The highest BCUT2D eigenvalue weighted by atomic mass is 16.5. The van der Waals surface area contributed by atoms with Crippen LogP contribution in [0.1, 0.15) is 52.4 Å². The minimum Gasteiger partial charge on any atom is -0.375 e. The second kappa shape index (κ2) is 5.72. The van der Waals surface area contributed by atoms with E-state index in [1.165, 1.54) is 25.7 Å². The Balaban J connectivity index is 1.83. The van der Waals surface area contributed by atoms with Gasteiger partial charge in [0.25, 0.3) is 0 Å². The molecule has 104 valence electrons. The van der Waals surface area contributed by atoms with E-state index in [0.29, 0.717) is 6.54 Å². The Labute approximate surface area is 111 Å². The first-order valence-corrected chi connectivity index (χ1v) is 7.32. The molecule has 3 N–H and O–H groups in total. The van der Waals surface area contributed by atoms with Crippen LogP contribution in [-0.2, 0) is 4.74 Å². The summed E-state index contributed by atoms with van der Waals surface area (Å²) in [5, 5.41) is 3.72. The Bertz CT molecular complexity index is 312. The summed E-state index contributed by atoms with van der Waals surface area (Å²) < 4.78 is 5.80. The standard InChI is InChI=1S/C15H28N2O/c1-14(2)11-15(12-16,8-10-18-14)17-9-7-13-5-3-4-6-13/h5,17H,3-4,6-12,16H2,1-2H3. The molecule has 0 aromatic heterocycles. The molecule has 1 unspecified atom stereocenters. The zero-order chi connectivity index (χ0) is 13.1. The maximum absolute atomic E-state index is 6.02. The third-order valence-electron chi connectivity index (χ3n) is 4.31. The molecule has 0 radical (unpaired) electrons. The highest BCUT2D eigenvalue weighted by Gasteiger charge is 2.39. The number of allylic oxidation sites excluding steroid dienone is 1. The quantitative estimate of drug-likeness (QED) is 0.738. The van der Waals surface area contributed by atoms with Gasteiger partial charge in [-0.1, -0.05) is 11.6 Å². The van der Waals surface area contributed by atoms with Gasteiger partial charge in [0.05, 0.1) is 5.60 Å². The van der Waals surface area contributed by atoms with Crippen molar-refractivity contribution in [1.29, 1.82) is 0 Å². The van der Waals surface area contributed by atoms with Gasteiger partial charge in [0.2, 0.25) is 0 Å². The summed E-state index contributed by atoms with van der Waals surface area (Å²) >= 11 is 0. The van der Waals surface area contributed by atoms with Gasteiger partial charge in [-0.25, -0.2) is 0 Å². The molecule has 3 heteroatoms. The summed E-state index contributed by atoms with van der Waals surface area (Å²) in [4.78, 5) is 0. The summed E-state index contributed by atoms with van der Waals surface area (Å²) in [6.45, 7) is 6.91. The van der Waals surface area contributed by atoms with Crippen LogP contribution in [0.5, 0.6) is 0 Å². The van der Waals surface area contributed by atoms with Crippen LogP contribution in [0.15, 0.2) is 11.6 Å². The van der Waals surface area contributed by atoms with Crippen LogP contribution in [0, 0.1) is 0 Å². The highest BCUT2D eigenvalue weighted by Crippen LogP contribution is 2.31. The molecule has 1 heterocycles. The molecule has 2 aliphatic rings. The minimum absolute atomic E-state index is 0.0444. The Hall–Kier alpha value is -0.380. The van der Waals surface area contributed by atoms with Gasteiger partial charge in [0, 0.05) is 18.7 Å². The molecular weight excluding hydrogens is 224 g/mol. The van der Waals surface area contributed by atoms with Gasteiger partial charge in [0.15, 0.2) is 0 Å². The SMILES string of the molecule is CC1(C)CC(CN)(NCCC2=CCCC2)CCO1. The largest absolute Gasteiger partial charge is 0.375 e. The lowest BCUT2D eigenvalue weighted by atomic mass is 9.81. The monoisotopic (exact) mass is 252 g/mol. The van der Waals surface area contributed by atoms with Crippen molar-refractivity contribution in [1.82, 2.24) is 5.32 Å². The minimum atomic E-state index is -0.0444.